The molecule has 2 saturated heterocycles. The smallest absolute Gasteiger partial charge is 0.142 e. The van der Waals surface area contributed by atoms with Gasteiger partial charge in [-0.3, -0.25) is 9.80 Å². The van der Waals surface area contributed by atoms with E-state index in [1.807, 2.05) is 6.07 Å². The maximum atomic E-state index is 5.58. The number of likely N-dealkylation sites (tertiary alicyclic amines) is 1. The molecule has 2 fully saturated rings. The molecule has 1 atom stereocenters. The second kappa shape index (κ2) is 9.92. The lowest BCUT2D eigenvalue weighted by molar-refractivity contribution is 0.0886. The Bertz CT molecular complexity index is 877. The van der Waals surface area contributed by atoms with Crippen molar-refractivity contribution in [1.29, 1.82) is 0 Å². The standard InChI is InChI=1S/C26H37N3O2/c1-20-17-26(31-4)21(2)16-22(20)18-27-11-7-8-23(19-27)28-12-14-29(15-13-28)24-9-5-6-10-25(24)30-3/h5-6,9-10,16-17,23H,7-8,11-15,18-19H2,1-4H3/t23-/m1/s1. The maximum Gasteiger partial charge on any atom is 0.142 e. The van der Waals surface area contributed by atoms with E-state index in [1.54, 1.807) is 14.2 Å². The monoisotopic (exact) mass is 423 g/mol. The average molecular weight is 424 g/mol. The van der Waals surface area contributed by atoms with Gasteiger partial charge in [-0.2, -0.15) is 0 Å². The van der Waals surface area contributed by atoms with Crippen molar-refractivity contribution in [2.45, 2.75) is 39.3 Å². The molecule has 0 bridgehead atoms. The van der Waals surface area contributed by atoms with Crippen LogP contribution in [0.3, 0.4) is 0 Å². The third kappa shape index (κ3) is 4.99. The molecule has 168 valence electrons. The molecule has 5 heteroatoms. The molecule has 0 spiro atoms. The van der Waals surface area contributed by atoms with E-state index in [1.165, 1.54) is 48.3 Å². The normalized spacial score (nSPS) is 20.6. The second-order valence-corrected chi connectivity index (χ2v) is 8.97. The number of methoxy groups -OCH3 is 2. The zero-order valence-corrected chi connectivity index (χ0v) is 19.6. The Kier molecular flexibility index (Phi) is 7.03. The summed E-state index contributed by atoms with van der Waals surface area (Å²) in [5, 5.41) is 0. The molecule has 2 aromatic carbocycles. The predicted octanol–water partition coefficient (Wildman–Crippen LogP) is 4.11. The summed E-state index contributed by atoms with van der Waals surface area (Å²) in [6.45, 7) is 12.1. The average Bonchev–Trinajstić information content (AvgIpc) is 2.81. The molecule has 2 aliphatic rings. The first kappa shape index (κ1) is 22.0. The van der Waals surface area contributed by atoms with Crippen molar-refractivity contribution in [3.05, 3.63) is 53.1 Å². The van der Waals surface area contributed by atoms with E-state index >= 15 is 0 Å². The number of nitrogens with zero attached hydrogens (tertiary/aromatic N) is 3. The second-order valence-electron chi connectivity index (χ2n) is 8.97. The van der Waals surface area contributed by atoms with Crippen LogP contribution >= 0.6 is 0 Å². The zero-order valence-electron chi connectivity index (χ0n) is 19.6. The Balaban J connectivity index is 1.35. The molecule has 0 unspecified atom stereocenters. The number of piperidine rings is 1. The minimum Gasteiger partial charge on any atom is -0.496 e. The minimum atomic E-state index is 0.660. The third-order valence-corrected chi connectivity index (χ3v) is 6.98. The van der Waals surface area contributed by atoms with Gasteiger partial charge in [-0.1, -0.05) is 18.2 Å². The fourth-order valence-electron chi connectivity index (χ4n) is 5.17. The van der Waals surface area contributed by atoms with Gasteiger partial charge in [0.25, 0.3) is 0 Å². The van der Waals surface area contributed by atoms with E-state index in [0.29, 0.717) is 6.04 Å². The summed E-state index contributed by atoms with van der Waals surface area (Å²) in [5.74, 6) is 1.97. The largest absolute Gasteiger partial charge is 0.496 e. The van der Waals surface area contributed by atoms with Gasteiger partial charge >= 0.3 is 0 Å². The highest BCUT2D eigenvalue weighted by atomic mass is 16.5. The molecule has 2 heterocycles. The van der Waals surface area contributed by atoms with E-state index in [-0.39, 0.29) is 0 Å². The highest BCUT2D eigenvalue weighted by Gasteiger charge is 2.29. The van der Waals surface area contributed by atoms with Crippen molar-refractivity contribution >= 4 is 5.69 Å². The van der Waals surface area contributed by atoms with E-state index < -0.39 is 0 Å². The van der Waals surface area contributed by atoms with Gasteiger partial charge in [-0.25, -0.2) is 0 Å². The van der Waals surface area contributed by atoms with Crippen LogP contribution in [0.25, 0.3) is 0 Å². The van der Waals surface area contributed by atoms with Crippen LogP contribution < -0.4 is 14.4 Å². The Labute approximate surface area is 187 Å². The van der Waals surface area contributed by atoms with Crippen molar-refractivity contribution < 1.29 is 9.47 Å². The van der Waals surface area contributed by atoms with Gasteiger partial charge in [0.05, 0.1) is 19.9 Å². The van der Waals surface area contributed by atoms with E-state index in [0.717, 1.165) is 44.2 Å². The topological polar surface area (TPSA) is 28.2 Å². The minimum absolute atomic E-state index is 0.660. The summed E-state index contributed by atoms with van der Waals surface area (Å²) in [6, 6.07) is 13.5. The Hall–Kier alpha value is -2.24. The number of anilines is 1. The quantitative estimate of drug-likeness (QED) is 0.697. The summed E-state index contributed by atoms with van der Waals surface area (Å²) in [7, 11) is 3.52. The van der Waals surface area contributed by atoms with Crippen LogP contribution in [0.2, 0.25) is 0 Å². The van der Waals surface area contributed by atoms with Crippen LogP contribution in [-0.2, 0) is 6.54 Å². The summed E-state index contributed by atoms with van der Waals surface area (Å²) >= 11 is 0. The number of aryl methyl sites for hydroxylation is 2. The van der Waals surface area contributed by atoms with Gasteiger partial charge in [0.15, 0.2) is 0 Å². The Morgan fingerprint density at radius 1 is 0.871 bits per heavy atom. The zero-order chi connectivity index (χ0) is 21.8. The molecule has 0 aliphatic carbocycles. The molecule has 4 rings (SSSR count). The summed E-state index contributed by atoms with van der Waals surface area (Å²) < 4.78 is 11.1. The SMILES string of the molecule is COc1cc(C)c(CN2CCC[C@@H](N3CCN(c4ccccc4OC)CC3)C2)cc1C. The number of hydrogen-bond donors (Lipinski definition) is 0. The van der Waals surface area contributed by atoms with Gasteiger partial charge < -0.3 is 14.4 Å². The molecular formula is C26H37N3O2. The summed E-state index contributed by atoms with van der Waals surface area (Å²) in [6.07, 6.45) is 2.59. The van der Waals surface area contributed by atoms with Gasteiger partial charge in [0.2, 0.25) is 0 Å². The van der Waals surface area contributed by atoms with Crippen molar-refractivity contribution in [2.75, 3.05) is 58.4 Å². The number of benzene rings is 2. The van der Waals surface area contributed by atoms with Crippen molar-refractivity contribution in [1.82, 2.24) is 9.80 Å². The van der Waals surface area contributed by atoms with Crippen LogP contribution in [0, 0.1) is 13.8 Å². The molecule has 0 radical (unpaired) electrons. The first-order chi connectivity index (χ1) is 15.1. The predicted molar refractivity (Wildman–Crippen MR) is 128 cm³/mol. The van der Waals surface area contributed by atoms with Crippen molar-refractivity contribution in [2.24, 2.45) is 0 Å². The number of piperazine rings is 1. The maximum absolute atomic E-state index is 5.58. The van der Waals surface area contributed by atoms with Crippen molar-refractivity contribution in [3.8, 4) is 11.5 Å². The van der Waals surface area contributed by atoms with Gasteiger partial charge in [-0.05, 0) is 68.1 Å². The van der Waals surface area contributed by atoms with Crippen molar-refractivity contribution in [3.63, 3.8) is 0 Å². The van der Waals surface area contributed by atoms with E-state index in [2.05, 4.69) is 58.9 Å². The van der Waals surface area contributed by atoms with E-state index in [4.69, 9.17) is 9.47 Å². The molecule has 5 nitrogen and oxygen atoms in total. The highest BCUT2D eigenvalue weighted by molar-refractivity contribution is 5.58. The molecule has 31 heavy (non-hydrogen) atoms. The number of hydrogen-bond acceptors (Lipinski definition) is 5. The Morgan fingerprint density at radius 2 is 1.61 bits per heavy atom. The van der Waals surface area contributed by atoms with Gasteiger partial charge in [0.1, 0.15) is 11.5 Å². The highest BCUT2D eigenvalue weighted by Crippen LogP contribution is 2.30. The van der Waals surface area contributed by atoms with E-state index in [9.17, 15) is 0 Å². The summed E-state index contributed by atoms with van der Waals surface area (Å²) in [4.78, 5) is 7.83. The van der Waals surface area contributed by atoms with Crippen LogP contribution in [0.4, 0.5) is 5.69 Å². The lowest BCUT2D eigenvalue weighted by atomic mass is 10.00. The molecule has 2 aliphatic heterocycles. The fraction of sp³-hybridized carbons (Fsp3) is 0.538. The number of para-hydroxylation sites is 2. The number of rotatable bonds is 6. The number of ether oxygens (including phenoxy) is 2. The first-order valence-electron chi connectivity index (χ1n) is 11.6. The molecular weight excluding hydrogens is 386 g/mol. The van der Waals surface area contributed by atoms with Crippen LogP contribution in [0.5, 0.6) is 11.5 Å². The Morgan fingerprint density at radius 3 is 2.35 bits per heavy atom. The first-order valence-corrected chi connectivity index (χ1v) is 11.6. The lowest BCUT2D eigenvalue weighted by Gasteiger charge is -2.44. The molecule has 0 aromatic heterocycles. The fourth-order valence-corrected chi connectivity index (χ4v) is 5.17. The van der Waals surface area contributed by atoms with Crippen LogP contribution in [-0.4, -0.2) is 69.3 Å². The summed E-state index contributed by atoms with van der Waals surface area (Å²) in [5.41, 5.74) is 5.21. The van der Waals surface area contributed by atoms with Crippen LogP contribution in [0.1, 0.15) is 29.5 Å². The molecule has 0 N–H and O–H groups in total. The lowest BCUT2D eigenvalue weighted by Crippen LogP contribution is -2.55. The van der Waals surface area contributed by atoms with Gasteiger partial charge in [-0.15, -0.1) is 0 Å². The third-order valence-electron chi connectivity index (χ3n) is 6.98. The van der Waals surface area contributed by atoms with Crippen LogP contribution in [0.15, 0.2) is 36.4 Å². The molecule has 2 aromatic rings. The molecule has 0 saturated carbocycles. The van der Waals surface area contributed by atoms with Gasteiger partial charge in [0, 0.05) is 45.3 Å². The molecule has 0 amide bonds.